The molecule has 2 amide bonds. The van der Waals surface area contributed by atoms with Crippen LogP contribution >= 0.6 is 11.8 Å². The quantitative estimate of drug-likeness (QED) is 0.489. The minimum absolute atomic E-state index is 0.118. The first kappa shape index (κ1) is 23.0. The number of ether oxygens (including phenoxy) is 1. The summed E-state index contributed by atoms with van der Waals surface area (Å²) in [6.07, 6.45) is 0.542. The molecule has 0 radical (unpaired) electrons. The first-order valence-corrected chi connectivity index (χ1v) is 12.9. The molecule has 3 atom stereocenters. The lowest BCUT2D eigenvalue weighted by molar-refractivity contribution is -0.113. The van der Waals surface area contributed by atoms with Crippen molar-refractivity contribution in [1.29, 1.82) is 0 Å². The summed E-state index contributed by atoms with van der Waals surface area (Å²) in [5.74, 6) is 0.805. The number of carbonyl (C=O) groups is 2. The van der Waals surface area contributed by atoms with Crippen molar-refractivity contribution >= 4 is 46.3 Å². The van der Waals surface area contributed by atoms with Crippen LogP contribution in [0.5, 0.6) is 0 Å². The predicted octanol–water partition coefficient (Wildman–Crippen LogP) is 3.59. The molecule has 36 heavy (non-hydrogen) atoms. The van der Waals surface area contributed by atoms with Gasteiger partial charge in [0.2, 0.25) is 5.91 Å². The van der Waals surface area contributed by atoms with E-state index < -0.39 is 6.09 Å². The van der Waals surface area contributed by atoms with Crippen LogP contribution in [0.15, 0.2) is 46.1 Å². The molecule has 2 aromatic heterocycles. The Bertz CT molecular complexity index is 1460. The number of pyridine rings is 2. The van der Waals surface area contributed by atoms with Crippen molar-refractivity contribution in [2.45, 2.75) is 42.8 Å². The number of cyclic esters (lactones) is 1. The molecule has 0 bridgehead atoms. The average molecular weight is 510 g/mol. The molecule has 0 saturated carbocycles. The van der Waals surface area contributed by atoms with Gasteiger partial charge in [-0.25, -0.2) is 14.2 Å². The lowest BCUT2D eigenvalue weighted by Gasteiger charge is -2.20. The van der Waals surface area contributed by atoms with Crippen LogP contribution in [-0.4, -0.2) is 46.5 Å². The summed E-state index contributed by atoms with van der Waals surface area (Å²) in [5, 5.41) is 6.99. The van der Waals surface area contributed by atoms with Crippen molar-refractivity contribution in [2.24, 2.45) is 0 Å². The van der Waals surface area contributed by atoms with Crippen LogP contribution in [0.3, 0.4) is 0 Å². The molecule has 2 unspecified atom stereocenters. The van der Waals surface area contributed by atoms with Gasteiger partial charge in [0.15, 0.2) is 0 Å². The van der Waals surface area contributed by atoms with Gasteiger partial charge in [-0.2, -0.15) is 0 Å². The van der Waals surface area contributed by atoms with E-state index in [4.69, 9.17) is 4.74 Å². The molecule has 3 aromatic rings. The van der Waals surface area contributed by atoms with E-state index in [9.17, 15) is 18.8 Å². The molecule has 1 saturated heterocycles. The smallest absolute Gasteiger partial charge is 0.415 e. The number of amides is 2. The average Bonchev–Trinajstić information content (AvgIpc) is 3.38. The van der Waals surface area contributed by atoms with Crippen LogP contribution in [0.25, 0.3) is 10.9 Å². The second-order valence-corrected chi connectivity index (χ2v) is 10.2. The van der Waals surface area contributed by atoms with Gasteiger partial charge < -0.3 is 19.9 Å². The van der Waals surface area contributed by atoms with Crippen LogP contribution in [0.1, 0.15) is 37.4 Å². The number of benzene rings is 1. The summed E-state index contributed by atoms with van der Waals surface area (Å²) in [6, 6.07) is 9.46. The number of rotatable bonds is 6. The zero-order valence-electron chi connectivity index (χ0n) is 19.5. The van der Waals surface area contributed by atoms with Crippen LogP contribution < -0.4 is 21.1 Å². The summed E-state index contributed by atoms with van der Waals surface area (Å²) in [6.45, 7) is 2.85. The number of hydrogen-bond acceptors (Lipinski definition) is 7. The van der Waals surface area contributed by atoms with Crippen molar-refractivity contribution in [1.82, 2.24) is 14.9 Å². The third kappa shape index (κ3) is 3.82. The highest BCUT2D eigenvalue weighted by molar-refractivity contribution is 8.00. The topological polar surface area (TPSA) is 106 Å². The summed E-state index contributed by atoms with van der Waals surface area (Å²) in [7, 11) is 0. The SMILES string of the molecule is CC1C(NCCC[C@@H]2CN(c3ccc4c(n3)NC(=O)CS4)C(=O)O2)c2c(F)ccc3ccc(=O)n1c23. The third-order valence-corrected chi connectivity index (χ3v) is 8.00. The second-order valence-electron chi connectivity index (χ2n) is 9.22. The zero-order valence-corrected chi connectivity index (χ0v) is 20.3. The van der Waals surface area contributed by atoms with Crippen molar-refractivity contribution < 1.29 is 18.7 Å². The molecule has 1 aromatic carbocycles. The molecule has 0 aliphatic carbocycles. The van der Waals surface area contributed by atoms with Gasteiger partial charge in [0.1, 0.15) is 23.6 Å². The number of nitrogens with one attached hydrogen (secondary N) is 2. The zero-order chi connectivity index (χ0) is 25.0. The monoisotopic (exact) mass is 509 g/mol. The normalized spacial score (nSPS) is 22.6. The molecule has 6 rings (SSSR count). The summed E-state index contributed by atoms with van der Waals surface area (Å²) in [5.41, 5.74) is 1.04. The van der Waals surface area contributed by atoms with E-state index in [1.54, 1.807) is 22.8 Å². The van der Waals surface area contributed by atoms with Crippen LogP contribution in [-0.2, 0) is 9.53 Å². The number of aromatic nitrogens is 2. The van der Waals surface area contributed by atoms with Gasteiger partial charge in [0.05, 0.1) is 34.8 Å². The highest BCUT2D eigenvalue weighted by Crippen LogP contribution is 2.40. The van der Waals surface area contributed by atoms with E-state index in [-0.39, 0.29) is 35.5 Å². The molecular weight excluding hydrogens is 485 g/mol. The van der Waals surface area contributed by atoms with Gasteiger partial charge in [-0.1, -0.05) is 0 Å². The van der Waals surface area contributed by atoms with Crippen molar-refractivity contribution in [3.63, 3.8) is 0 Å². The lowest BCUT2D eigenvalue weighted by atomic mass is 10.0. The van der Waals surface area contributed by atoms with E-state index in [0.717, 1.165) is 10.3 Å². The Morgan fingerprint density at radius 1 is 1.19 bits per heavy atom. The van der Waals surface area contributed by atoms with Crippen LogP contribution in [0.4, 0.5) is 20.8 Å². The van der Waals surface area contributed by atoms with Gasteiger partial charge >= 0.3 is 6.09 Å². The van der Waals surface area contributed by atoms with Gasteiger partial charge in [-0.3, -0.25) is 14.5 Å². The van der Waals surface area contributed by atoms with Crippen molar-refractivity contribution in [3.05, 3.63) is 58.1 Å². The Morgan fingerprint density at radius 2 is 2.03 bits per heavy atom. The summed E-state index contributed by atoms with van der Waals surface area (Å²) < 4.78 is 22.0. The number of carbonyl (C=O) groups excluding carboxylic acids is 2. The van der Waals surface area contributed by atoms with Gasteiger partial charge in [-0.15, -0.1) is 11.8 Å². The first-order valence-electron chi connectivity index (χ1n) is 11.9. The summed E-state index contributed by atoms with van der Waals surface area (Å²) in [4.78, 5) is 43.4. The van der Waals surface area contributed by atoms with E-state index in [0.29, 0.717) is 54.4 Å². The highest BCUT2D eigenvalue weighted by atomic mass is 32.2. The van der Waals surface area contributed by atoms with Gasteiger partial charge in [0.25, 0.3) is 5.56 Å². The van der Waals surface area contributed by atoms with Gasteiger partial charge in [0, 0.05) is 11.6 Å². The minimum Gasteiger partial charge on any atom is -0.444 e. The third-order valence-electron chi connectivity index (χ3n) is 6.96. The molecule has 0 spiro atoms. The standard InChI is InChI=1S/C25H24FN5O4S/c1-13-22(21-16(26)6-4-14-5-9-20(33)31(13)23(14)21)27-10-2-3-15-11-30(25(34)35-15)18-8-7-17-24(28-18)29-19(32)12-36-17/h4-9,13,15,22,27H,2-3,10-12H2,1H3,(H,28,29,32)/t13?,15-,22?/m1/s1. The molecule has 186 valence electrons. The van der Waals surface area contributed by atoms with E-state index in [2.05, 4.69) is 15.6 Å². The second kappa shape index (κ2) is 8.90. The Balaban J connectivity index is 1.08. The molecule has 3 aliphatic heterocycles. The van der Waals surface area contributed by atoms with Crippen molar-refractivity contribution in [2.75, 3.05) is 29.1 Å². The van der Waals surface area contributed by atoms with Gasteiger partial charge in [-0.05, 0) is 62.0 Å². The minimum atomic E-state index is -0.469. The van der Waals surface area contributed by atoms with E-state index >= 15 is 0 Å². The number of anilines is 2. The Hall–Kier alpha value is -3.44. The molecule has 11 heteroatoms. The molecule has 9 nitrogen and oxygen atoms in total. The summed E-state index contributed by atoms with van der Waals surface area (Å²) >= 11 is 1.41. The van der Waals surface area contributed by atoms with Crippen LogP contribution in [0.2, 0.25) is 0 Å². The highest BCUT2D eigenvalue weighted by Gasteiger charge is 2.35. The predicted molar refractivity (Wildman–Crippen MR) is 134 cm³/mol. The molecule has 2 N–H and O–H groups in total. The number of halogens is 1. The number of nitrogens with zero attached hydrogens (tertiary/aromatic N) is 3. The molecule has 3 aliphatic rings. The first-order chi connectivity index (χ1) is 17.4. The number of thioether (sulfide) groups is 1. The largest absolute Gasteiger partial charge is 0.444 e. The maximum atomic E-state index is 14.8. The Labute approximate surface area is 210 Å². The molecule has 1 fully saturated rings. The molecular formula is C25H24FN5O4S. The van der Waals surface area contributed by atoms with E-state index in [1.807, 2.05) is 13.0 Å². The van der Waals surface area contributed by atoms with Crippen molar-refractivity contribution in [3.8, 4) is 0 Å². The van der Waals surface area contributed by atoms with E-state index in [1.165, 1.54) is 28.8 Å². The number of hydrogen-bond donors (Lipinski definition) is 2. The maximum absolute atomic E-state index is 14.8. The maximum Gasteiger partial charge on any atom is 0.415 e. The number of fused-ring (bicyclic) bond motifs is 1. The molecule has 5 heterocycles. The lowest BCUT2D eigenvalue weighted by Crippen LogP contribution is -2.30. The fourth-order valence-electron chi connectivity index (χ4n) is 5.27. The Morgan fingerprint density at radius 3 is 2.89 bits per heavy atom. The fraction of sp³-hybridized carbons (Fsp3) is 0.360. The fourth-order valence-corrected chi connectivity index (χ4v) is 6.02. The Kier molecular flexibility index (Phi) is 5.68. The van der Waals surface area contributed by atoms with Crippen LogP contribution in [0, 0.1) is 5.82 Å².